The molecule has 1 aromatic carbocycles. The molecule has 21 heavy (non-hydrogen) atoms. The predicted octanol–water partition coefficient (Wildman–Crippen LogP) is 2.28. The van der Waals surface area contributed by atoms with Crippen LogP contribution in [-0.4, -0.2) is 27.5 Å². The van der Waals surface area contributed by atoms with Gasteiger partial charge in [0.2, 0.25) is 0 Å². The van der Waals surface area contributed by atoms with Gasteiger partial charge < -0.3 is 10.4 Å². The molecule has 3 rings (SSSR count). The van der Waals surface area contributed by atoms with Crippen LogP contribution >= 0.6 is 0 Å². The highest BCUT2D eigenvalue weighted by Crippen LogP contribution is 2.32. The number of rotatable bonds is 3. The van der Waals surface area contributed by atoms with E-state index in [9.17, 15) is 14.7 Å². The Morgan fingerprint density at radius 2 is 2.00 bits per heavy atom. The van der Waals surface area contributed by atoms with Crippen molar-refractivity contribution in [2.75, 3.05) is 0 Å². The summed E-state index contributed by atoms with van der Waals surface area (Å²) in [7, 11) is 0. The number of carboxylic acid groups (broad SMARTS) is 1. The lowest BCUT2D eigenvalue weighted by Gasteiger charge is -2.38. The van der Waals surface area contributed by atoms with E-state index in [1.807, 2.05) is 25.1 Å². The number of hydrogen-bond acceptors (Lipinski definition) is 3. The third-order valence-corrected chi connectivity index (χ3v) is 4.07. The van der Waals surface area contributed by atoms with Crippen LogP contribution in [0.4, 0.5) is 0 Å². The molecule has 1 fully saturated rings. The number of carbonyl (C=O) groups is 2. The molecule has 1 aliphatic carbocycles. The summed E-state index contributed by atoms with van der Waals surface area (Å²) >= 11 is 0. The summed E-state index contributed by atoms with van der Waals surface area (Å²) in [6.45, 7) is 1.86. The molecule has 1 heterocycles. The smallest absolute Gasteiger partial charge is 0.329 e. The van der Waals surface area contributed by atoms with Gasteiger partial charge in [0, 0.05) is 11.1 Å². The zero-order valence-corrected chi connectivity index (χ0v) is 11.7. The van der Waals surface area contributed by atoms with Crippen molar-refractivity contribution in [3.05, 3.63) is 41.6 Å². The van der Waals surface area contributed by atoms with E-state index in [0.717, 1.165) is 17.5 Å². The van der Waals surface area contributed by atoms with Gasteiger partial charge in [0.05, 0.1) is 11.1 Å². The molecule has 0 bridgehead atoms. The maximum Gasteiger partial charge on any atom is 0.329 e. The fourth-order valence-corrected chi connectivity index (χ4v) is 2.64. The number of nitrogens with one attached hydrogen (secondary N) is 1. The van der Waals surface area contributed by atoms with Crippen LogP contribution in [0.25, 0.3) is 10.9 Å². The van der Waals surface area contributed by atoms with Crippen LogP contribution in [0.5, 0.6) is 0 Å². The summed E-state index contributed by atoms with van der Waals surface area (Å²) in [6.07, 6.45) is 1.77. The van der Waals surface area contributed by atoms with Gasteiger partial charge in [0.1, 0.15) is 5.54 Å². The number of amides is 1. The highest BCUT2D eigenvalue weighted by atomic mass is 16.4. The standard InChI is InChI=1S/C16H16N2O3/c1-10-6-7-11-4-2-5-12(13(11)17-10)14(19)18-16(15(20)21)8-3-9-16/h2,4-7H,3,8-9H2,1H3,(H,18,19)(H,20,21). The lowest BCUT2D eigenvalue weighted by molar-refractivity contribution is -0.148. The van der Waals surface area contributed by atoms with Crippen LogP contribution in [0.15, 0.2) is 30.3 Å². The molecule has 0 spiro atoms. The van der Waals surface area contributed by atoms with E-state index in [2.05, 4.69) is 10.3 Å². The number of benzene rings is 1. The first-order chi connectivity index (χ1) is 10.0. The molecule has 5 heteroatoms. The molecule has 1 saturated carbocycles. The van der Waals surface area contributed by atoms with Crippen molar-refractivity contribution in [3.63, 3.8) is 0 Å². The van der Waals surface area contributed by atoms with Gasteiger partial charge in [-0.05, 0) is 38.3 Å². The molecule has 2 N–H and O–H groups in total. The first-order valence-electron chi connectivity index (χ1n) is 6.94. The Labute approximate surface area is 122 Å². The Balaban J connectivity index is 1.98. The molecule has 1 aromatic heterocycles. The molecule has 0 atom stereocenters. The summed E-state index contributed by atoms with van der Waals surface area (Å²) in [4.78, 5) is 28.2. The minimum absolute atomic E-state index is 0.374. The van der Waals surface area contributed by atoms with Gasteiger partial charge in [-0.1, -0.05) is 18.2 Å². The number of aryl methyl sites for hydroxylation is 1. The largest absolute Gasteiger partial charge is 0.480 e. The number of hydrogen-bond donors (Lipinski definition) is 2. The number of nitrogens with zero attached hydrogens (tertiary/aromatic N) is 1. The summed E-state index contributed by atoms with van der Waals surface area (Å²) in [5.41, 5.74) is 0.737. The van der Waals surface area contributed by atoms with Crippen molar-refractivity contribution in [1.82, 2.24) is 10.3 Å². The Kier molecular flexibility index (Phi) is 3.12. The van der Waals surface area contributed by atoms with Crippen molar-refractivity contribution >= 4 is 22.8 Å². The van der Waals surface area contributed by atoms with Crippen LogP contribution in [0.2, 0.25) is 0 Å². The minimum atomic E-state index is -1.11. The first kappa shape index (κ1) is 13.5. The fraction of sp³-hybridized carbons (Fsp3) is 0.312. The first-order valence-corrected chi connectivity index (χ1v) is 6.94. The monoisotopic (exact) mass is 284 g/mol. The third kappa shape index (κ3) is 2.24. The number of carboxylic acids is 1. The van der Waals surface area contributed by atoms with Crippen LogP contribution in [-0.2, 0) is 4.79 Å². The third-order valence-electron chi connectivity index (χ3n) is 4.07. The highest BCUT2D eigenvalue weighted by molar-refractivity contribution is 6.07. The molecule has 5 nitrogen and oxygen atoms in total. The molecule has 0 unspecified atom stereocenters. The van der Waals surface area contributed by atoms with Crippen LogP contribution in [0.1, 0.15) is 35.3 Å². The lowest BCUT2D eigenvalue weighted by atomic mass is 9.76. The Morgan fingerprint density at radius 1 is 1.24 bits per heavy atom. The minimum Gasteiger partial charge on any atom is -0.480 e. The quantitative estimate of drug-likeness (QED) is 0.906. The van der Waals surface area contributed by atoms with Crippen LogP contribution in [0.3, 0.4) is 0 Å². The molecule has 0 saturated heterocycles. The molecule has 0 aliphatic heterocycles. The normalized spacial score (nSPS) is 16.2. The molecular formula is C16H16N2O3. The molecule has 0 radical (unpaired) electrons. The number of aromatic nitrogens is 1. The number of carbonyl (C=O) groups excluding carboxylic acids is 1. The molecule has 1 amide bonds. The van der Waals surface area contributed by atoms with Crippen molar-refractivity contribution in [3.8, 4) is 0 Å². The second-order valence-electron chi connectivity index (χ2n) is 5.52. The van der Waals surface area contributed by atoms with Gasteiger partial charge >= 0.3 is 5.97 Å². The number of para-hydroxylation sites is 1. The van der Waals surface area contributed by atoms with E-state index in [-0.39, 0.29) is 5.91 Å². The topological polar surface area (TPSA) is 79.3 Å². The molecule has 108 valence electrons. The predicted molar refractivity (Wildman–Crippen MR) is 78.2 cm³/mol. The van der Waals surface area contributed by atoms with Gasteiger partial charge in [-0.15, -0.1) is 0 Å². The fourth-order valence-electron chi connectivity index (χ4n) is 2.64. The summed E-state index contributed by atoms with van der Waals surface area (Å²) in [5.74, 6) is -1.34. The molecular weight excluding hydrogens is 268 g/mol. The van der Waals surface area contributed by atoms with Gasteiger partial charge in [-0.25, -0.2) is 4.79 Å². The number of aliphatic carboxylic acids is 1. The maximum absolute atomic E-state index is 12.5. The van der Waals surface area contributed by atoms with E-state index >= 15 is 0 Å². The van der Waals surface area contributed by atoms with E-state index in [4.69, 9.17) is 0 Å². The van der Waals surface area contributed by atoms with E-state index in [1.165, 1.54) is 0 Å². The summed E-state index contributed by atoms with van der Waals surface area (Å²) < 4.78 is 0. The number of fused-ring (bicyclic) bond motifs is 1. The van der Waals surface area contributed by atoms with E-state index in [1.54, 1.807) is 12.1 Å². The van der Waals surface area contributed by atoms with Gasteiger partial charge in [-0.3, -0.25) is 9.78 Å². The summed E-state index contributed by atoms with van der Waals surface area (Å²) in [6, 6.07) is 9.13. The Hall–Kier alpha value is -2.43. The highest BCUT2D eigenvalue weighted by Gasteiger charge is 2.45. The van der Waals surface area contributed by atoms with Crippen LogP contribution < -0.4 is 5.32 Å². The van der Waals surface area contributed by atoms with Gasteiger partial charge in [0.15, 0.2) is 0 Å². The lowest BCUT2D eigenvalue weighted by Crippen LogP contribution is -2.59. The zero-order chi connectivity index (χ0) is 15.0. The van der Waals surface area contributed by atoms with Crippen molar-refractivity contribution in [2.24, 2.45) is 0 Å². The van der Waals surface area contributed by atoms with Crippen LogP contribution in [0, 0.1) is 6.92 Å². The van der Waals surface area contributed by atoms with Crippen molar-refractivity contribution < 1.29 is 14.7 Å². The van der Waals surface area contributed by atoms with Crippen molar-refractivity contribution in [1.29, 1.82) is 0 Å². The number of pyridine rings is 1. The average Bonchev–Trinajstić information content (AvgIpc) is 2.41. The van der Waals surface area contributed by atoms with E-state index < -0.39 is 11.5 Å². The Bertz CT molecular complexity index is 735. The van der Waals surface area contributed by atoms with E-state index in [0.29, 0.717) is 23.9 Å². The average molecular weight is 284 g/mol. The Morgan fingerprint density at radius 3 is 2.62 bits per heavy atom. The second-order valence-corrected chi connectivity index (χ2v) is 5.52. The zero-order valence-electron chi connectivity index (χ0n) is 11.7. The van der Waals surface area contributed by atoms with Gasteiger partial charge in [-0.2, -0.15) is 0 Å². The summed E-state index contributed by atoms with van der Waals surface area (Å²) in [5, 5.41) is 12.9. The van der Waals surface area contributed by atoms with Gasteiger partial charge in [0.25, 0.3) is 5.91 Å². The molecule has 2 aromatic rings. The van der Waals surface area contributed by atoms with Crippen molar-refractivity contribution in [2.45, 2.75) is 31.7 Å². The SMILES string of the molecule is Cc1ccc2cccc(C(=O)NC3(C(=O)O)CCC3)c2n1. The maximum atomic E-state index is 12.5. The molecule has 1 aliphatic rings. The second kappa shape index (κ2) is 4.84.